The van der Waals surface area contributed by atoms with Crippen LogP contribution in [0.25, 0.3) is 0 Å². The lowest BCUT2D eigenvalue weighted by Gasteiger charge is -1.67. The van der Waals surface area contributed by atoms with E-state index in [1.165, 1.54) is 6.21 Å². The largest absolute Gasteiger partial charge is 0.411 e. The number of allylic oxidation sites excluding steroid dienone is 4. The first kappa shape index (κ1) is 6.95. The lowest BCUT2D eigenvalue weighted by molar-refractivity contribution is 0.322. The van der Waals surface area contributed by atoms with Gasteiger partial charge in [0.25, 0.3) is 0 Å². The van der Waals surface area contributed by atoms with Crippen molar-refractivity contribution in [3.8, 4) is 0 Å². The summed E-state index contributed by atoms with van der Waals surface area (Å²) in [5.74, 6) is 0. The first-order chi connectivity index (χ1) is 3.91. The molecule has 1 N–H and O–H groups in total. The minimum atomic E-state index is 1.31. The Morgan fingerprint density at radius 2 is 2.00 bits per heavy atom. The highest BCUT2D eigenvalue weighted by Crippen LogP contribution is 1.71. The number of oxime groups is 1. The van der Waals surface area contributed by atoms with Crippen LogP contribution in [-0.2, 0) is 0 Å². The number of hydrogen-bond donors (Lipinski definition) is 1. The number of nitrogens with zero attached hydrogens (tertiary/aromatic N) is 1. The van der Waals surface area contributed by atoms with Gasteiger partial charge in [-0.25, -0.2) is 0 Å². The summed E-state index contributed by atoms with van der Waals surface area (Å²) in [4.78, 5) is 0. The Labute approximate surface area is 48.8 Å². The maximum Gasteiger partial charge on any atom is 0.0661 e. The Balaban J connectivity index is 3.35. The van der Waals surface area contributed by atoms with Crippen LogP contribution in [0, 0.1) is 0 Å². The van der Waals surface area contributed by atoms with E-state index in [-0.39, 0.29) is 0 Å². The van der Waals surface area contributed by atoms with Gasteiger partial charge in [0.15, 0.2) is 0 Å². The van der Waals surface area contributed by atoms with E-state index in [1.807, 2.05) is 19.1 Å². The second-order valence-corrected chi connectivity index (χ2v) is 1.18. The second-order valence-electron chi connectivity index (χ2n) is 1.18. The van der Waals surface area contributed by atoms with Crippen molar-refractivity contribution in [3.63, 3.8) is 0 Å². The molecule has 0 fully saturated rings. The van der Waals surface area contributed by atoms with E-state index in [0.717, 1.165) is 0 Å². The zero-order chi connectivity index (χ0) is 6.24. The average Bonchev–Trinajstić information content (AvgIpc) is 1.81. The van der Waals surface area contributed by atoms with E-state index in [2.05, 4.69) is 5.16 Å². The molecular weight excluding hydrogens is 102 g/mol. The molecule has 2 nitrogen and oxygen atoms in total. The van der Waals surface area contributed by atoms with Crippen molar-refractivity contribution in [2.24, 2.45) is 5.16 Å². The third-order valence-corrected chi connectivity index (χ3v) is 0.567. The van der Waals surface area contributed by atoms with Crippen molar-refractivity contribution >= 4 is 6.21 Å². The second kappa shape index (κ2) is 5.95. The molecule has 8 heavy (non-hydrogen) atoms. The van der Waals surface area contributed by atoms with Gasteiger partial charge in [-0.3, -0.25) is 0 Å². The van der Waals surface area contributed by atoms with Gasteiger partial charge in [0.2, 0.25) is 0 Å². The SMILES string of the molecule is C/C=C/C=C\C=N/O. The van der Waals surface area contributed by atoms with Gasteiger partial charge in [0.1, 0.15) is 0 Å². The Bertz CT molecular complexity index is 99.7. The van der Waals surface area contributed by atoms with Crippen molar-refractivity contribution in [2.45, 2.75) is 6.92 Å². The van der Waals surface area contributed by atoms with Crippen molar-refractivity contribution in [2.75, 3.05) is 0 Å². The summed E-state index contributed by atoms with van der Waals surface area (Å²) in [6.45, 7) is 1.92. The monoisotopic (exact) mass is 111 g/mol. The fraction of sp³-hybridized carbons (Fsp3) is 0.167. The lowest BCUT2D eigenvalue weighted by Crippen LogP contribution is -1.59. The predicted octanol–water partition coefficient (Wildman–Crippen LogP) is 1.58. The summed E-state index contributed by atoms with van der Waals surface area (Å²) >= 11 is 0. The molecule has 0 spiro atoms. The molecule has 44 valence electrons. The van der Waals surface area contributed by atoms with Gasteiger partial charge in [-0.15, -0.1) is 0 Å². The highest BCUT2D eigenvalue weighted by atomic mass is 16.4. The fourth-order valence-corrected chi connectivity index (χ4v) is 0.263. The summed E-state index contributed by atoms with van der Waals surface area (Å²) in [6, 6.07) is 0. The topological polar surface area (TPSA) is 32.6 Å². The molecule has 0 unspecified atom stereocenters. The first-order valence-electron chi connectivity index (χ1n) is 2.37. The average molecular weight is 111 g/mol. The molecule has 0 aromatic rings. The zero-order valence-corrected chi connectivity index (χ0v) is 4.78. The molecule has 0 rings (SSSR count). The summed E-state index contributed by atoms with van der Waals surface area (Å²) in [5.41, 5.74) is 0. The summed E-state index contributed by atoms with van der Waals surface area (Å²) in [7, 11) is 0. The van der Waals surface area contributed by atoms with Gasteiger partial charge in [0.05, 0.1) is 6.21 Å². The molecule has 0 aromatic carbocycles. The summed E-state index contributed by atoms with van der Waals surface area (Å²) in [5, 5.41) is 10.6. The molecule has 0 heterocycles. The van der Waals surface area contributed by atoms with Crippen molar-refractivity contribution in [3.05, 3.63) is 24.3 Å². The molecule has 0 aliphatic carbocycles. The third kappa shape index (κ3) is 4.95. The first-order valence-corrected chi connectivity index (χ1v) is 2.37. The van der Waals surface area contributed by atoms with Crippen LogP contribution in [0.3, 0.4) is 0 Å². The van der Waals surface area contributed by atoms with Gasteiger partial charge in [-0.2, -0.15) is 0 Å². The van der Waals surface area contributed by atoms with E-state index in [0.29, 0.717) is 0 Å². The normalized spacial score (nSPS) is 12.6. The predicted molar refractivity (Wildman–Crippen MR) is 34.2 cm³/mol. The number of hydrogen-bond acceptors (Lipinski definition) is 2. The molecule has 0 saturated carbocycles. The Morgan fingerprint density at radius 1 is 1.25 bits per heavy atom. The van der Waals surface area contributed by atoms with Gasteiger partial charge in [-0.1, -0.05) is 23.4 Å². The molecule has 0 bridgehead atoms. The van der Waals surface area contributed by atoms with Crippen LogP contribution in [0.5, 0.6) is 0 Å². The van der Waals surface area contributed by atoms with Gasteiger partial charge in [-0.05, 0) is 13.0 Å². The highest BCUT2D eigenvalue weighted by Gasteiger charge is 1.57. The Kier molecular flexibility index (Phi) is 5.17. The standard InChI is InChI=1S/C6H9NO/c1-2-3-4-5-6-7-8/h2-6,8H,1H3/b3-2+,5-4-,7-6-. The molecule has 0 amide bonds. The quantitative estimate of drug-likeness (QED) is 0.249. The van der Waals surface area contributed by atoms with Crippen LogP contribution in [0.15, 0.2) is 29.5 Å². The molecular formula is C6H9NO. The van der Waals surface area contributed by atoms with E-state index in [1.54, 1.807) is 12.2 Å². The van der Waals surface area contributed by atoms with Crippen molar-refractivity contribution < 1.29 is 5.21 Å². The fourth-order valence-electron chi connectivity index (χ4n) is 0.263. The van der Waals surface area contributed by atoms with Crippen LogP contribution in [-0.4, -0.2) is 11.4 Å². The molecule has 0 saturated heterocycles. The van der Waals surface area contributed by atoms with Crippen molar-refractivity contribution in [1.29, 1.82) is 0 Å². The van der Waals surface area contributed by atoms with E-state index in [4.69, 9.17) is 5.21 Å². The molecule has 0 radical (unpaired) electrons. The maximum absolute atomic E-state index is 7.86. The van der Waals surface area contributed by atoms with Crippen LogP contribution in [0.4, 0.5) is 0 Å². The van der Waals surface area contributed by atoms with Gasteiger partial charge >= 0.3 is 0 Å². The van der Waals surface area contributed by atoms with Crippen LogP contribution < -0.4 is 0 Å². The molecule has 2 heteroatoms. The molecule has 0 aliphatic rings. The summed E-state index contributed by atoms with van der Waals surface area (Å²) < 4.78 is 0. The lowest BCUT2D eigenvalue weighted by atomic mass is 10.4. The smallest absolute Gasteiger partial charge is 0.0661 e. The number of rotatable bonds is 2. The maximum atomic E-state index is 7.86. The van der Waals surface area contributed by atoms with Crippen LogP contribution >= 0.6 is 0 Å². The van der Waals surface area contributed by atoms with E-state index < -0.39 is 0 Å². The zero-order valence-electron chi connectivity index (χ0n) is 4.78. The highest BCUT2D eigenvalue weighted by molar-refractivity contribution is 5.70. The third-order valence-electron chi connectivity index (χ3n) is 0.567. The van der Waals surface area contributed by atoms with E-state index >= 15 is 0 Å². The Hall–Kier alpha value is -1.05. The van der Waals surface area contributed by atoms with E-state index in [9.17, 15) is 0 Å². The molecule has 0 aromatic heterocycles. The van der Waals surface area contributed by atoms with Gasteiger partial charge < -0.3 is 5.21 Å². The Morgan fingerprint density at radius 3 is 2.50 bits per heavy atom. The molecule has 0 aliphatic heterocycles. The van der Waals surface area contributed by atoms with Gasteiger partial charge in [0, 0.05) is 0 Å². The minimum absolute atomic E-state index is 1.31. The van der Waals surface area contributed by atoms with Crippen LogP contribution in [0.1, 0.15) is 6.92 Å². The van der Waals surface area contributed by atoms with Crippen LogP contribution in [0.2, 0.25) is 0 Å². The van der Waals surface area contributed by atoms with Crippen molar-refractivity contribution in [1.82, 2.24) is 0 Å². The molecule has 0 atom stereocenters. The summed E-state index contributed by atoms with van der Waals surface area (Å²) in [6.07, 6.45) is 8.46. The minimum Gasteiger partial charge on any atom is -0.411 e.